The third-order valence-electron chi connectivity index (χ3n) is 5.13. The molecule has 0 atom stereocenters. The highest BCUT2D eigenvalue weighted by Gasteiger charge is 2.16. The van der Waals surface area contributed by atoms with E-state index in [-0.39, 0.29) is 23.8 Å². The van der Waals surface area contributed by atoms with Crippen molar-refractivity contribution in [3.63, 3.8) is 0 Å². The Morgan fingerprint density at radius 1 is 1.06 bits per heavy atom. The molecule has 0 unspecified atom stereocenters. The molecule has 0 saturated heterocycles. The topological polar surface area (TPSA) is 92.3 Å². The fraction of sp³-hybridized carbons (Fsp3) is 0.130. The second kappa shape index (κ2) is 8.47. The average molecular weight is 464 g/mol. The van der Waals surface area contributed by atoms with Crippen molar-refractivity contribution in [3.05, 3.63) is 76.2 Å². The van der Waals surface area contributed by atoms with Crippen LogP contribution in [-0.4, -0.2) is 33.9 Å². The lowest BCUT2D eigenvalue weighted by Crippen LogP contribution is -2.21. The van der Waals surface area contributed by atoms with E-state index >= 15 is 0 Å². The van der Waals surface area contributed by atoms with Crippen molar-refractivity contribution in [2.24, 2.45) is 0 Å². The minimum atomic E-state index is -0.338. The zero-order valence-corrected chi connectivity index (χ0v) is 18.4. The maximum absolute atomic E-state index is 13.3. The molecule has 10 heteroatoms. The second-order valence-electron chi connectivity index (χ2n) is 7.10. The molecular weight excluding hydrogens is 447 g/mol. The molecule has 0 fully saturated rings. The number of nitrogens with zero attached hydrogens (tertiary/aromatic N) is 4. The van der Waals surface area contributed by atoms with Crippen LogP contribution < -0.4 is 15.0 Å². The SMILES string of the molecule is COc1ccc(-c2noc(Cn3cnc4scc(-c5ccc(F)cc5)c4c3=O)n2)cc1OC. The van der Waals surface area contributed by atoms with Crippen molar-refractivity contribution in [2.45, 2.75) is 6.54 Å². The molecule has 8 nitrogen and oxygen atoms in total. The van der Waals surface area contributed by atoms with Gasteiger partial charge in [0.2, 0.25) is 11.7 Å². The summed E-state index contributed by atoms with van der Waals surface area (Å²) in [6.45, 7) is 0.0563. The lowest BCUT2D eigenvalue weighted by atomic mass is 10.1. The Balaban J connectivity index is 1.48. The summed E-state index contributed by atoms with van der Waals surface area (Å²) in [6, 6.07) is 11.3. The first kappa shape index (κ1) is 20.8. The molecule has 5 rings (SSSR count). The summed E-state index contributed by atoms with van der Waals surface area (Å²) < 4.78 is 30.7. The molecule has 0 radical (unpaired) electrons. The van der Waals surface area contributed by atoms with Crippen molar-refractivity contribution in [3.8, 4) is 34.0 Å². The predicted molar refractivity (Wildman–Crippen MR) is 121 cm³/mol. The molecule has 2 aromatic carbocycles. The molecule has 166 valence electrons. The summed E-state index contributed by atoms with van der Waals surface area (Å²) >= 11 is 1.36. The number of ether oxygens (including phenoxy) is 2. The maximum Gasteiger partial charge on any atom is 0.263 e. The fourth-order valence-electron chi connectivity index (χ4n) is 3.48. The van der Waals surface area contributed by atoms with E-state index in [1.54, 1.807) is 44.6 Å². The Morgan fingerprint density at radius 2 is 1.82 bits per heavy atom. The van der Waals surface area contributed by atoms with Crippen LogP contribution in [0.25, 0.3) is 32.7 Å². The Kier molecular flexibility index (Phi) is 5.35. The zero-order valence-electron chi connectivity index (χ0n) is 17.6. The highest BCUT2D eigenvalue weighted by atomic mass is 32.1. The zero-order chi connectivity index (χ0) is 22.9. The summed E-state index contributed by atoms with van der Waals surface area (Å²) in [5, 5.41) is 6.33. The lowest BCUT2D eigenvalue weighted by Gasteiger charge is -2.07. The van der Waals surface area contributed by atoms with Gasteiger partial charge in [0.05, 0.1) is 25.9 Å². The van der Waals surface area contributed by atoms with Crippen LogP contribution in [0, 0.1) is 5.82 Å². The van der Waals surface area contributed by atoms with Gasteiger partial charge in [-0.2, -0.15) is 4.98 Å². The Bertz CT molecular complexity index is 1510. The summed E-state index contributed by atoms with van der Waals surface area (Å²) in [4.78, 5) is 22.6. The molecule has 0 bridgehead atoms. The first-order valence-corrected chi connectivity index (χ1v) is 10.7. The monoisotopic (exact) mass is 464 g/mol. The summed E-state index contributed by atoms with van der Waals surface area (Å²) in [6.07, 6.45) is 1.45. The number of halogens is 1. The molecule has 0 saturated carbocycles. The number of thiophene rings is 1. The molecule has 3 heterocycles. The molecule has 3 aromatic heterocycles. The molecule has 0 amide bonds. The van der Waals surface area contributed by atoms with E-state index in [4.69, 9.17) is 14.0 Å². The largest absolute Gasteiger partial charge is 0.493 e. The molecule has 0 aliphatic heterocycles. The molecule has 0 aliphatic rings. The Morgan fingerprint density at radius 3 is 2.58 bits per heavy atom. The van der Waals surface area contributed by atoms with Crippen LogP contribution in [0.4, 0.5) is 4.39 Å². The lowest BCUT2D eigenvalue weighted by molar-refractivity contribution is 0.355. The number of hydrogen-bond acceptors (Lipinski definition) is 8. The molecular formula is C23H17FN4O4S. The van der Waals surface area contributed by atoms with E-state index in [1.165, 1.54) is 34.4 Å². The maximum atomic E-state index is 13.3. The minimum absolute atomic E-state index is 0.0563. The highest BCUT2D eigenvalue weighted by Crippen LogP contribution is 2.32. The van der Waals surface area contributed by atoms with Gasteiger partial charge < -0.3 is 14.0 Å². The standard InChI is InChI=1S/C23H17FN4O4S/c1-30-17-8-5-14(9-18(17)31-2)21-26-19(32-27-21)10-28-12-25-22-20(23(28)29)16(11-33-22)13-3-6-15(24)7-4-13/h3-9,11-12H,10H2,1-2H3. The third-order valence-corrected chi connectivity index (χ3v) is 6.02. The highest BCUT2D eigenvalue weighted by molar-refractivity contribution is 7.17. The van der Waals surface area contributed by atoms with Crippen LogP contribution in [0.15, 0.2) is 63.5 Å². The van der Waals surface area contributed by atoms with Crippen LogP contribution in [0.1, 0.15) is 5.89 Å². The molecule has 33 heavy (non-hydrogen) atoms. The molecule has 0 N–H and O–H groups in total. The van der Waals surface area contributed by atoms with E-state index in [0.717, 1.165) is 5.56 Å². The van der Waals surface area contributed by atoms with Gasteiger partial charge in [0, 0.05) is 16.5 Å². The Labute approximate surface area is 190 Å². The Hall–Kier alpha value is -4.05. The summed E-state index contributed by atoms with van der Waals surface area (Å²) in [7, 11) is 3.10. The first-order valence-electron chi connectivity index (χ1n) is 9.85. The number of aromatic nitrogens is 4. The van der Waals surface area contributed by atoms with Crippen molar-refractivity contribution in [1.29, 1.82) is 0 Å². The third kappa shape index (κ3) is 3.85. The van der Waals surface area contributed by atoms with Crippen LogP contribution >= 0.6 is 11.3 Å². The minimum Gasteiger partial charge on any atom is -0.493 e. The van der Waals surface area contributed by atoms with Gasteiger partial charge >= 0.3 is 0 Å². The normalized spacial score (nSPS) is 11.1. The van der Waals surface area contributed by atoms with Crippen LogP contribution in [0.5, 0.6) is 11.5 Å². The van der Waals surface area contributed by atoms with E-state index in [1.807, 2.05) is 5.38 Å². The van der Waals surface area contributed by atoms with Crippen molar-refractivity contribution < 1.29 is 18.4 Å². The van der Waals surface area contributed by atoms with Gasteiger partial charge in [-0.05, 0) is 35.9 Å². The fourth-order valence-corrected chi connectivity index (χ4v) is 4.39. The number of hydrogen-bond donors (Lipinski definition) is 0. The van der Waals surface area contributed by atoms with Gasteiger partial charge in [-0.15, -0.1) is 11.3 Å². The van der Waals surface area contributed by atoms with Gasteiger partial charge in [0.15, 0.2) is 11.5 Å². The number of methoxy groups -OCH3 is 2. The number of benzene rings is 2. The van der Waals surface area contributed by atoms with Gasteiger partial charge in [0.1, 0.15) is 17.2 Å². The molecule has 0 aliphatic carbocycles. The number of fused-ring (bicyclic) bond motifs is 1. The van der Waals surface area contributed by atoms with E-state index in [2.05, 4.69) is 15.1 Å². The molecule has 0 spiro atoms. The predicted octanol–water partition coefficient (Wildman–Crippen LogP) is 4.38. The van der Waals surface area contributed by atoms with Crippen molar-refractivity contribution in [2.75, 3.05) is 14.2 Å². The van der Waals surface area contributed by atoms with Gasteiger partial charge in [-0.25, -0.2) is 9.37 Å². The second-order valence-corrected chi connectivity index (χ2v) is 7.95. The molecule has 5 aromatic rings. The van der Waals surface area contributed by atoms with Gasteiger partial charge in [-0.1, -0.05) is 17.3 Å². The van der Waals surface area contributed by atoms with Crippen LogP contribution in [0.3, 0.4) is 0 Å². The van der Waals surface area contributed by atoms with Crippen molar-refractivity contribution in [1.82, 2.24) is 19.7 Å². The number of rotatable bonds is 6. The van der Waals surface area contributed by atoms with E-state index < -0.39 is 0 Å². The van der Waals surface area contributed by atoms with Gasteiger partial charge in [0.25, 0.3) is 5.56 Å². The van der Waals surface area contributed by atoms with Gasteiger partial charge in [-0.3, -0.25) is 9.36 Å². The summed E-state index contributed by atoms with van der Waals surface area (Å²) in [5.74, 6) is 1.40. The quantitative estimate of drug-likeness (QED) is 0.368. The average Bonchev–Trinajstić information content (AvgIpc) is 3.49. The van der Waals surface area contributed by atoms with E-state index in [9.17, 15) is 9.18 Å². The van der Waals surface area contributed by atoms with Crippen LogP contribution in [-0.2, 0) is 6.54 Å². The van der Waals surface area contributed by atoms with Crippen molar-refractivity contribution >= 4 is 21.6 Å². The van der Waals surface area contributed by atoms with Crippen LogP contribution in [0.2, 0.25) is 0 Å². The first-order chi connectivity index (χ1) is 16.1. The smallest absolute Gasteiger partial charge is 0.263 e. The summed E-state index contributed by atoms with van der Waals surface area (Å²) in [5.41, 5.74) is 1.89. The van der Waals surface area contributed by atoms with E-state index in [0.29, 0.717) is 38.7 Å².